The van der Waals surface area contributed by atoms with Crippen molar-refractivity contribution in [2.24, 2.45) is 11.7 Å². The highest BCUT2D eigenvalue weighted by Crippen LogP contribution is 2.33. The van der Waals surface area contributed by atoms with Gasteiger partial charge in [0, 0.05) is 17.5 Å². The quantitative estimate of drug-likeness (QED) is 0.858. The van der Waals surface area contributed by atoms with Crippen LogP contribution in [0.4, 0.5) is 0 Å². The topological polar surface area (TPSA) is 26.0 Å². The van der Waals surface area contributed by atoms with Crippen LogP contribution in [0.1, 0.15) is 37.7 Å². The Bertz CT molecular complexity index is 306. The van der Waals surface area contributed by atoms with E-state index in [0.717, 1.165) is 18.2 Å². The highest BCUT2D eigenvalue weighted by atomic mass is 32.2. The van der Waals surface area contributed by atoms with Crippen LogP contribution in [-0.4, -0.2) is 11.8 Å². The molecule has 17 heavy (non-hydrogen) atoms. The van der Waals surface area contributed by atoms with E-state index in [1.54, 1.807) is 0 Å². The normalized spacial score (nSPS) is 19.1. The molecule has 1 fully saturated rings. The maximum absolute atomic E-state index is 5.95. The third-order valence-corrected chi connectivity index (χ3v) is 5.22. The second-order valence-electron chi connectivity index (χ2n) is 4.97. The molecule has 1 aliphatic carbocycles. The van der Waals surface area contributed by atoms with Gasteiger partial charge in [-0.15, -0.1) is 0 Å². The van der Waals surface area contributed by atoms with Gasteiger partial charge in [-0.3, -0.25) is 0 Å². The van der Waals surface area contributed by atoms with Gasteiger partial charge >= 0.3 is 0 Å². The summed E-state index contributed by atoms with van der Waals surface area (Å²) in [6.07, 6.45) is 7.03. The molecule has 2 heteroatoms. The van der Waals surface area contributed by atoms with Gasteiger partial charge in [0.05, 0.1) is 0 Å². The molecule has 0 unspecified atom stereocenters. The highest BCUT2D eigenvalue weighted by Gasteiger charge is 2.22. The lowest BCUT2D eigenvalue weighted by atomic mass is 9.87. The second kappa shape index (κ2) is 7.07. The molecule has 0 amide bonds. The van der Waals surface area contributed by atoms with Crippen molar-refractivity contribution in [3.05, 3.63) is 35.9 Å². The Morgan fingerprint density at radius 3 is 2.47 bits per heavy atom. The molecule has 2 N–H and O–H groups in total. The molecule has 1 saturated carbocycles. The van der Waals surface area contributed by atoms with E-state index in [4.69, 9.17) is 5.73 Å². The van der Waals surface area contributed by atoms with Gasteiger partial charge < -0.3 is 5.73 Å². The summed E-state index contributed by atoms with van der Waals surface area (Å²) in [5.41, 5.74) is 7.37. The van der Waals surface area contributed by atoms with Crippen LogP contribution < -0.4 is 5.73 Å². The third-order valence-electron chi connectivity index (χ3n) is 3.71. The molecule has 1 nitrogen and oxygen atoms in total. The van der Waals surface area contributed by atoms with Crippen LogP contribution in [0.15, 0.2) is 30.3 Å². The first-order valence-electron chi connectivity index (χ1n) is 6.75. The van der Waals surface area contributed by atoms with E-state index in [-0.39, 0.29) is 0 Å². The van der Waals surface area contributed by atoms with Crippen molar-refractivity contribution in [1.82, 2.24) is 0 Å². The Kier molecular flexibility index (Phi) is 5.40. The first-order chi connectivity index (χ1) is 8.40. The van der Waals surface area contributed by atoms with Crippen LogP contribution in [-0.2, 0) is 5.75 Å². The lowest BCUT2D eigenvalue weighted by Crippen LogP contribution is -2.28. The zero-order valence-corrected chi connectivity index (χ0v) is 11.3. The molecular formula is C15H23NS. The van der Waals surface area contributed by atoms with Gasteiger partial charge in [-0.2, -0.15) is 11.8 Å². The summed E-state index contributed by atoms with van der Waals surface area (Å²) in [7, 11) is 0. The first kappa shape index (κ1) is 13.0. The lowest BCUT2D eigenvalue weighted by Gasteiger charge is -2.29. The van der Waals surface area contributed by atoms with Crippen molar-refractivity contribution in [2.75, 3.05) is 6.54 Å². The number of hydrogen-bond acceptors (Lipinski definition) is 2. The Morgan fingerprint density at radius 2 is 1.82 bits per heavy atom. The Labute approximate surface area is 109 Å². The smallest absolute Gasteiger partial charge is 0.0201 e. The van der Waals surface area contributed by atoms with Crippen molar-refractivity contribution >= 4 is 11.8 Å². The van der Waals surface area contributed by atoms with E-state index in [2.05, 4.69) is 42.1 Å². The highest BCUT2D eigenvalue weighted by molar-refractivity contribution is 7.99. The minimum Gasteiger partial charge on any atom is -0.329 e. The average molecular weight is 249 g/mol. The van der Waals surface area contributed by atoms with Gasteiger partial charge in [0.2, 0.25) is 0 Å². The van der Waals surface area contributed by atoms with Crippen LogP contribution in [0.5, 0.6) is 0 Å². The summed E-state index contributed by atoms with van der Waals surface area (Å²) >= 11 is 2.06. The SMILES string of the molecule is NC[C@@H](SCc1ccccc1)C1CCCCC1. The lowest BCUT2D eigenvalue weighted by molar-refractivity contribution is 0.351. The summed E-state index contributed by atoms with van der Waals surface area (Å²) in [6, 6.07) is 10.7. The largest absolute Gasteiger partial charge is 0.329 e. The van der Waals surface area contributed by atoms with Gasteiger partial charge in [0.1, 0.15) is 0 Å². The van der Waals surface area contributed by atoms with Crippen molar-refractivity contribution in [3.63, 3.8) is 0 Å². The number of rotatable bonds is 5. The molecule has 1 atom stereocenters. The number of thioether (sulfide) groups is 1. The molecule has 0 aromatic heterocycles. The molecule has 1 aromatic rings. The summed E-state index contributed by atoms with van der Waals surface area (Å²) in [5, 5.41) is 0.663. The first-order valence-corrected chi connectivity index (χ1v) is 7.80. The molecule has 0 bridgehead atoms. The molecule has 1 aliphatic rings. The van der Waals surface area contributed by atoms with Gasteiger partial charge in [0.15, 0.2) is 0 Å². The fourth-order valence-electron chi connectivity index (χ4n) is 2.68. The zero-order chi connectivity index (χ0) is 11.9. The van der Waals surface area contributed by atoms with E-state index < -0.39 is 0 Å². The number of hydrogen-bond donors (Lipinski definition) is 1. The molecule has 0 heterocycles. The van der Waals surface area contributed by atoms with E-state index in [0.29, 0.717) is 5.25 Å². The molecule has 0 aliphatic heterocycles. The second-order valence-corrected chi connectivity index (χ2v) is 6.20. The molecule has 94 valence electrons. The van der Waals surface area contributed by atoms with Gasteiger partial charge in [-0.1, -0.05) is 49.6 Å². The van der Waals surface area contributed by atoms with Crippen LogP contribution in [0.3, 0.4) is 0 Å². The Morgan fingerprint density at radius 1 is 1.12 bits per heavy atom. The van der Waals surface area contributed by atoms with Gasteiger partial charge in [-0.05, 0) is 24.3 Å². The number of nitrogens with two attached hydrogens (primary N) is 1. The van der Waals surface area contributed by atoms with Crippen LogP contribution in [0.2, 0.25) is 0 Å². The Hall–Kier alpha value is -0.470. The van der Waals surface area contributed by atoms with Crippen LogP contribution in [0.25, 0.3) is 0 Å². The fraction of sp³-hybridized carbons (Fsp3) is 0.600. The van der Waals surface area contributed by atoms with Crippen molar-refractivity contribution in [1.29, 1.82) is 0 Å². The predicted molar refractivity (Wildman–Crippen MR) is 77.2 cm³/mol. The van der Waals surface area contributed by atoms with Crippen molar-refractivity contribution in [2.45, 2.75) is 43.1 Å². The maximum atomic E-state index is 5.95. The Balaban J connectivity index is 1.82. The maximum Gasteiger partial charge on any atom is 0.0201 e. The molecule has 1 aromatic carbocycles. The van der Waals surface area contributed by atoms with Crippen LogP contribution >= 0.6 is 11.8 Å². The van der Waals surface area contributed by atoms with Crippen molar-refractivity contribution < 1.29 is 0 Å². The molecule has 0 spiro atoms. The average Bonchev–Trinajstić information content (AvgIpc) is 2.42. The summed E-state index contributed by atoms with van der Waals surface area (Å²) < 4.78 is 0. The summed E-state index contributed by atoms with van der Waals surface area (Å²) in [4.78, 5) is 0. The zero-order valence-electron chi connectivity index (χ0n) is 10.5. The fourth-order valence-corrected chi connectivity index (χ4v) is 3.96. The molecule has 0 saturated heterocycles. The standard InChI is InChI=1S/C15H23NS/c16-11-15(14-9-5-2-6-10-14)17-12-13-7-3-1-4-8-13/h1,3-4,7-8,14-15H,2,5-6,9-12,16H2/t15-/m1/s1. The molecule has 2 rings (SSSR count). The predicted octanol–water partition coefficient (Wildman–Crippen LogP) is 3.83. The summed E-state index contributed by atoms with van der Waals surface area (Å²) in [6.45, 7) is 0.835. The van der Waals surface area contributed by atoms with E-state index in [1.165, 1.54) is 37.7 Å². The minimum absolute atomic E-state index is 0.663. The monoisotopic (exact) mass is 249 g/mol. The van der Waals surface area contributed by atoms with Gasteiger partial charge in [0.25, 0.3) is 0 Å². The van der Waals surface area contributed by atoms with Gasteiger partial charge in [-0.25, -0.2) is 0 Å². The van der Waals surface area contributed by atoms with E-state index in [1.807, 2.05) is 0 Å². The minimum atomic E-state index is 0.663. The third kappa shape index (κ3) is 4.04. The van der Waals surface area contributed by atoms with E-state index >= 15 is 0 Å². The molecular weight excluding hydrogens is 226 g/mol. The van der Waals surface area contributed by atoms with E-state index in [9.17, 15) is 0 Å². The summed E-state index contributed by atoms with van der Waals surface area (Å²) in [5.74, 6) is 1.97. The molecule has 0 radical (unpaired) electrons. The number of benzene rings is 1. The van der Waals surface area contributed by atoms with Crippen LogP contribution in [0, 0.1) is 5.92 Å². The van der Waals surface area contributed by atoms with Crippen molar-refractivity contribution in [3.8, 4) is 0 Å².